The van der Waals surface area contributed by atoms with Crippen LogP contribution in [0, 0.1) is 23.0 Å². The summed E-state index contributed by atoms with van der Waals surface area (Å²) in [5.74, 6) is -0.985. The second-order valence-corrected chi connectivity index (χ2v) is 6.57. The third kappa shape index (κ3) is 5.72. The fourth-order valence-corrected chi connectivity index (χ4v) is 2.87. The van der Waals surface area contributed by atoms with Gasteiger partial charge in [-0.05, 0) is 41.5 Å². The van der Waals surface area contributed by atoms with Gasteiger partial charge < -0.3 is 9.74 Å². The molecular formula is C22H19F2N3O2. The minimum absolute atomic E-state index is 0.0285. The van der Waals surface area contributed by atoms with Crippen LogP contribution in [0.3, 0.4) is 0 Å². The van der Waals surface area contributed by atoms with Crippen LogP contribution in [-0.4, -0.2) is 29.6 Å². The molecule has 3 rings (SSSR count). The first-order valence-electron chi connectivity index (χ1n) is 9.14. The van der Waals surface area contributed by atoms with Gasteiger partial charge in [0, 0.05) is 32.0 Å². The molecule has 7 heteroatoms. The van der Waals surface area contributed by atoms with Crippen molar-refractivity contribution in [3.8, 4) is 6.07 Å². The smallest absolute Gasteiger partial charge is 0.246 e. The number of hydrogen-bond donors (Lipinski definition) is 0. The number of hydrogen-bond acceptors (Lipinski definition) is 4. The van der Waals surface area contributed by atoms with Crippen molar-refractivity contribution in [2.45, 2.75) is 19.4 Å². The number of benzene rings is 2. The summed E-state index contributed by atoms with van der Waals surface area (Å²) in [5, 5.41) is 12.9. The molecule has 0 atom stereocenters. The number of nitriles is 1. The highest BCUT2D eigenvalue weighted by Crippen LogP contribution is 2.13. The largest absolute Gasteiger partial charge is 0.391 e. The molecule has 2 aromatic carbocycles. The quantitative estimate of drug-likeness (QED) is 0.567. The zero-order valence-electron chi connectivity index (χ0n) is 15.6. The second-order valence-electron chi connectivity index (χ2n) is 6.57. The van der Waals surface area contributed by atoms with Crippen molar-refractivity contribution in [1.82, 2.24) is 4.90 Å². The lowest BCUT2D eigenvalue weighted by Crippen LogP contribution is -2.37. The Kier molecular flexibility index (Phi) is 6.69. The topological polar surface area (TPSA) is 65.7 Å². The molecule has 0 aromatic heterocycles. The van der Waals surface area contributed by atoms with E-state index in [0.717, 1.165) is 11.3 Å². The van der Waals surface area contributed by atoms with E-state index in [0.29, 0.717) is 31.5 Å². The van der Waals surface area contributed by atoms with E-state index < -0.39 is 5.82 Å². The van der Waals surface area contributed by atoms with E-state index in [1.165, 1.54) is 30.3 Å². The van der Waals surface area contributed by atoms with Crippen LogP contribution in [0.15, 0.2) is 53.7 Å². The normalized spacial score (nSPS) is 14.0. The first kappa shape index (κ1) is 20.2. The maximum atomic E-state index is 13.3. The van der Waals surface area contributed by atoms with E-state index in [1.807, 2.05) is 0 Å². The van der Waals surface area contributed by atoms with Crippen molar-refractivity contribution >= 4 is 17.7 Å². The third-order valence-electron chi connectivity index (χ3n) is 4.52. The van der Waals surface area contributed by atoms with Crippen LogP contribution in [-0.2, 0) is 16.2 Å². The van der Waals surface area contributed by atoms with Crippen LogP contribution in [0.1, 0.15) is 29.5 Å². The Hall–Kier alpha value is -3.53. The fraction of sp³-hybridized carbons (Fsp3) is 0.227. The Balaban J connectivity index is 1.46. The highest BCUT2D eigenvalue weighted by atomic mass is 19.1. The molecule has 1 fully saturated rings. The van der Waals surface area contributed by atoms with Gasteiger partial charge in [-0.15, -0.1) is 0 Å². The molecule has 1 aliphatic rings. The van der Waals surface area contributed by atoms with Crippen molar-refractivity contribution in [3.63, 3.8) is 0 Å². The molecule has 0 saturated carbocycles. The lowest BCUT2D eigenvalue weighted by Gasteiger charge is -2.26. The van der Waals surface area contributed by atoms with Crippen LogP contribution in [0.2, 0.25) is 0 Å². The van der Waals surface area contributed by atoms with E-state index in [-0.39, 0.29) is 23.9 Å². The average molecular weight is 395 g/mol. The molecular weight excluding hydrogens is 376 g/mol. The molecule has 0 bridgehead atoms. The zero-order chi connectivity index (χ0) is 20.6. The van der Waals surface area contributed by atoms with Crippen molar-refractivity contribution in [3.05, 3.63) is 76.9 Å². The first-order chi connectivity index (χ1) is 14.0. The summed E-state index contributed by atoms with van der Waals surface area (Å²) in [5.41, 5.74) is 2.23. The van der Waals surface area contributed by atoms with Crippen molar-refractivity contribution in [2.24, 2.45) is 5.16 Å². The monoisotopic (exact) mass is 395 g/mol. The number of oxime groups is 1. The molecule has 0 spiro atoms. The summed E-state index contributed by atoms with van der Waals surface area (Å²) >= 11 is 0. The number of likely N-dealkylation sites (tertiary alicyclic amines) is 1. The summed E-state index contributed by atoms with van der Waals surface area (Å²) in [7, 11) is 0. The van der Waals surface area contributed by atoms with Crippen LogP contribution < -0.4 is 0 Å². The molecule has 0 unspecified atom stereocenters. The number of rotatable bonds is 5. The molecule has 0 aliphatic carbocycles. The molecule has 0 radical (unpaired) electrons. The van der Waals surface area contributed by atoms with Crippen molar-refractivity contribution < 1.29 is 18.4 Å². The summed E-state index contributed by atoms with van der Waals surface area (Å²) in [4.78, 5) is 19.3. The van der Waals surface area contributed by atoms with Gasteiger partial charge in [-0.25, -0.2) is 8.78 Å². The zero-order valence-corrected chi connectivity index (χ0v) is 15.6. The SMILES string of the molecule is N#Cc1cc(CON=C2CCN(C(=O)C=Cc3ccc(F)cc3)CC2)ccc1F. The fourth-order valence-electron chi connectivity index (χ4n) is 2.87. The molecule has 148 valence electrons. The Morgan fingerprint density at radius 1 is 1.17 bits per heavy atom. The highest BCUT2D eigenvalue weighted by Gasteiger charge is 2.18. The summed E-state index contributed by atoms with van der Waals surface area (Å²) in [6.07, 6.45) is 4.34. The Morgan fingerprint density at radius 3 is 2.59 bits per heavy atom. The van der Waals surface area contributed by atoms with Gasteiger partial charge in [0.05, 0.1) is 11.3 Å². The van der Waals surface area contributed by atoms with E-state index >= 15 is 0 Å². The van der Waals surface area contributed by atoms with Crippen LogP contribution in [0.5, 0.6) is 0 Å². The second kappa shape index (κ2) is 9.60. The number of carbonyl (C=O) groups is 1. The molecule has 1 saturated heterocycles. The molecule has 5 nitrogen and oxygen atoms in total. The number of piperidine rings is 1. The third-order valence-corrected chi connectivity index (χ3v) is 4.52. The Labute approximate surface area is 167 Å². The average Bonchev–Trinajstić information content (AvgIpc) is 2.75. The number of amides is 1. The standard InChI is InChI=1S/C22H19F2N3O2/c23-19-5-1-16(2-6-19)4-8-22(28)27-11-9-20(10-12-27)26-29-15-17-3-7-21(24)18(13-17)14-25/h1-8,13H,9-12,15H2. The Morgan fingerprint density at radius 2 is 1.90 bits per heavy atom. The van der Waals surface area contributed by atoms with Crippen LogP contribution >= 0.6 is 0 Å². The minimum atomic E-state index is -0.562. The van der Waals surface area contributed by atoms with Gasteiger partial charge in [-0.1, -0.05) is 23.4 Å². The Bertz CT molecular complexity index is 969. The summed E-state index contributed by atoms with van der Waals surface area (Å²) in [6, 6.07) is 11.9. The maximum Gasteiger partial charge on any atom is 0.246 e. The van der Waals surface area contributed by atoms with Crippen LogP contribution in [0.25, 0.3) is 6.08 Å². The van der Waals surface area contributed by atoms with Crippen molar-refractivity contribution in [1.29, 1.82) is 5.26 Å². The van der Waals surface area contributed by atoms with E-state index in [4.69, 9.17) is 10.1 Å². The number of nitrogens with zero attached hydrogens (tertiary/aromatic N) is 3. The minimum Gasteiger partial charge on any atom is -0.391 e. The highest BCUT2D eigenvalue weighted by molar-refractivity contribution is 5.94. The van der Waals surface area contributed by atoms with Crippen molar-refractivity contribution in [2.75, 3.05) is 13.1 Å². The molecule has 29 heavy (non-hydrogen) atoms. The van der Waals surface area contributed by atoms with Gasteiger partial charge in [0.1, 0.15) is 24.3 Å². The first-order valence-corrected chi connectivity index (χ1v) is 9.14. The molecule has 1 heterocycles. The number of halogens is 2. The van der Waals surface area contributed by atoms with Gasteiger partial charge in [0.15, 0.2) is 0 Å². The van der Waals surface area contributed by atoms with E-state index in [1.54, 1.807) is 35.2 Å². The van der Waals surface area contributed by atoms with Gasteiger partial charge in [0.2, 0.25) is 5.91 Å². The summed E-state index contributed by atoms with van der Waals surface area (Å²) in [6.45, 7) is 1.20. The van der Waals surface area contributed by atoms with Crippen LogP contribution in [0.4, 0.5) is 8.78 Å². The molecule has 2 aromatic rings. The molecule has 1 aliphatic heterocycles. The lowest BCUT2D eigenvalue weighted by molar-refractivity contribution is -0.126. The lowest BCUT2D eigenvalue weighted by atomic mass is 10.1. The molecule has 1 amide bonds. The summed E-state index contributed by atoms with van der Waals surface area (Å²) < 4.78 is 26.2. The predicted molar refractivity (Wildman–Crippen MR) is 105 cm³/mol. The van der Waals surface area contributed by atoms with Gasteiger partial charge in [-0.3, -0.25) is 4.79 Å². The van der Waals surface area contributed by atoms with E-state index in [2.05, 4.69) is 5.16 Å². The number of carbonyl (C=O) groups excluding carboxylic acids is 1. The predicted octanol–water partition coefficient (Wildman–Crippen LogP) is 4.04. The van der Waals surface area contributed by atoms with Gasteiger partial charge in [-0.2, -0.15) is 5.26 Å². The molecule has 0 N–H and O–H groups in total. The maximum absolute atomic E-state index is 13.3. The van der Waals surface area contributed by atoms with E-state index in [9.17, 15) is 13.6 Å². The van der Waals surface area contributed by atoms with Gasteiger partial charge in [0.25, 0.3) is 0 Å². The van der Waals surface area contributed by atoms with Gasteiger partial charge >= 0.3 is 0 Å².